The van der Waals surface area contributed by atoms with Gasteiger partial charge in [-0.05, 0) is 42.0 Å². The van der Waals surface area contributed by atoms with Crippen molar-refractivity contribution in [2.45, 2.75) is 19.3 Å². The molecule has 1 aliphatic carbocycles. The van der Waals surface area contributed by atoms with Gasteiger partial charge in [0.1, 0.15) is 0 Å². The first-order valence-corrected chi connectivity index (χ1v) is 9.69. The molecule has 144 valence electrons. The van der Waals surface area contributed by atoms with Gasteiger partial charge in [0.2, 0.25) is 0 Å². The Hall–Kier alpha value is -3.46. The van der Waals surface area contributed by atoms with Gasteiger partial charge in [0.15, 0.2) is 11.6 Å². The molecule has 1 aliphatic heterocycles. The van der Waals surface area contributed by atoms with Crippen molar-refractivity contribution in [2.24, 2.45) is 0 Å². The van der Waals surface area contributed by atoms with Crippen LogP contribution in [-0.2, 0) is 10.2 Å². The minimum absolute atomic E-state index is 0.0846. The van der Waals surface area contributed by atoms with Gasteiger partial charge < -0.3 is 4.90 Å². The van der Waals surface area contributed by atoms with E-state index in [4.69, 9.17) is 0 Å². The van der Waals surface area contributed by atoms with Crippen LogP contribution in [0, 0.1) is 0 Å². The van der Waals surface area contributed by atoms with Crippen molar-refractivity contribution in [3.05, 3.63) is 113 Å². The van der Waals surface area contributed by atoms with E-state index in [0.29, 0.717) is 16.7 Å². The lowest BCUT2D eigenvalue weighted by Gasteiger charge is -2.23. The average molecular weight is 381 g/mol. The molecule has 1 heterocycles. The number of ketones is 2. The molecular formula is C26H23NO2. The molecule has 0 amide bonds. The van der Waals surface area contributed by atoms with E-state index in [2.05, 4.69) is 36.9 Å². The Morgan fingerprint density at radius 3 is 2.34 bits per heavy atom. The third kappa shape index (κ3) is 3.29. The van der Waals surface area contributed by atoms with Crippen LogP contribution in [0.4, 0.5) is 5.69 Å². The highest BCUT2D eigenvalue weighted by atomic mass is 16.1. The number of rotatable bonds is 3. The zero-order valence-electron chi connectivity index (χ0n) is 16.8. The van der Waals surface area contributed by atoms with Gasteiger partial charge in [-0.1, -0.05) is 62.4 Å². The van der Waals surface area contributed by atoms with E-state index in [9.17, 15) is 9.59 Å². The summed E-state index contributed by atoms with van der Waals surface area (Å²) in [6, 6.07) is 17.5. The second kappa shape index (κ2) is 7.17. The summed E-state index contributed by atoms with van der Waals surface area (Å²) in [6.07, 6.45) is 8.57. The summed E-state index contributed by atoms with van der Waals surface area (Å²) in [5, 5.41) is 0. The van der Waals surface area contributed by atoms with Gasteiger partial charge in [-0.15, -0.1) is 0 Å². The molecular weight excluding hydrogens is 358 g/mol. The van der Waals surface area contributed by atoms with Gasteiger partial charge >= 0.3 is 0 Å². The minimum Gasteiger partial charge on any atom is -0.347 e. The van der Waals surface area contributed by atoms with E-state index < -0.39 is 0 Å². The van der Waals surface area contributed by atoms with Gasteiger partial charge in [0.25, 0.3) is 0 Å². The van der Waals surface area contributed by atoms with E-state index >= 15 is 0 Å². The Labute approximate surface area is 171 Å². The van der Waals surface area contributed by atoms with Crippen LogP contribution in [0.15, 0.2) is 102 Å². The first-order valence-electron chi connectivity index (χ1n) is 9.69. The Morgan fingerprint density at radius 1 is 0.931 bits per heavy atom. The number of carbonyl (C=O) groups is 2. The number of Topliss-reactive ketones (excluding diaryl/α,β-unsaturated/α-hetero) is 1. The van der Waals surface area contributed by atoms with Crippen LogP contribution in [-0.4, -0.2) is 18.6 Å². The molecule has 0 unspecified atom stereocenters. The third-order valence-electron chi connectivity index (χ3n) is 5.67. The molecule has 2 aromatic rings. The first kappa shape index (κ1) is 18.9. The van der Waals surface area contributed by atoms with Crippen LogP contribution in [0.2, 0.25) is 0 Å². The van der Waals surface area contributed by atoms with Gasteiger partial charge in [0, 0.05) is 40.6 Å². The quantitative estimate of drug-likeness (QED) is 0.543. The van der Waals surface area contributed by atoms with Crippen LogP contribution < -0.4 is 4.90 Å². The Morgan fingerprint density at radius 2 is 1.62 bits per heavy atom. The Bertz CT molecular complexity index is 1110. The van der Waals surface area contributed by atoms with Gasteiger partial charge in [-0.25, -0.2) is 0 Å². The number of hydrogen-bond donors (Lipinski definition) is 0. The number of likely N-dealkylation sites (N-methyl/N-ethyl adjacent to an activating group) is 1. The second-order valence-corrected chi connectivity index (χ2v) is 7.87. The molecule has 3 nitrogen and oxygen atoms in total. The number of hydrogen-bond acceptors (Lipinski definition) is 3. The van der Waals surface area contributed by atoms with E-state index in [1.54, 1.807) is 24.3 Å². The number of para-hydroxylation sites is 1. The van der Waals surface area contributed by atoms with Crippen molar-refractivity contribution in [3.8, 4) is 0 Å². The standard InChI is InChI=1S/C26H23NO2/c1-26(2)21-11-7-8-12-22(21)27(3)24(26)16-14-19-17-20(13-15-23(19)28)25(29)18-9-5-4-6-10-18/h4-17H,1-3H3/b19-14-,24-16-. The molecule has 4 rings (SSSR count). The van der Waals surface area contributed by atoms with E-state index in [-0.39, 0.29) is 17.0 Å². The minimum atomic E-state index is -0.164. The number of carbonyl (C=O) groups excluding carboxylic acids is 2. The summed E-state index contributed by atoms with van der Waals surface area (Å²) in [5.41, 5.74) is 5.02. The molecule has 0 saturated carbocycles. The lowest BCUT2D eigenvalue weighted by molar-refractivity contribution is -0.111. The van der Waals surface area contributed by atoms with Crippen LogP contribution in [0.1, 0.15) is 29.8 Å². The van der Waals surface area contributed by atoms with E-state index in [0.717, 1.165) is 5.70 Å². The van der Waals surface area contributed by atoms with Crippen molar-refractivity contribution >= 4 is 17.3 Å². The fraction of sp³-hybridized carbons (Fsp3) is 0.154. The van der Waals surface area contributed by atoms with E-state index in [1.807, 2.05) is 43.5 Å². The van der Waals surface area contributed by atoms with Crippen molar-refractivity contribution in [2.75, 3.05) is 11.9 Å². The van der Waals surface area contributed by atoms with Crippen LogP contribution in [0.5, 0.6) is 0 Å². The highest BCUT2D eigenvalue weighted by Gasteiger charge is 2.37. The number of allylic oxidation sites excluding steroid dienone is 8. The smallest absolute Gasteiger partial charge is 0.193 e. The molecule has 0 fully saturated rings. The third-order valence-corrected chi connectivity index (χ3v) is 5.67. The summed E-state index contributed by atoms with van der Waals surface area (Å²) in [6.45, 7) is 4.37. The van der Waals surface area contributed by atoms with Crippen molar-refractivity contribution < 1.29 is 9.59 Å². The molecule has 0 spiro atoms. The van der Waals surface area contributed by atoms with Crippen LogP contribution >= 0.6 is 0 Å². The molecule has 3 heteroatoms. The fourth-order valence-corrected chi connectivity index (χ4v) is 4.05. The molecule has 0 radical (unpaired) electrons. The average Bonchev–Trinajstić information content (AvgIpc) is 2.93. The summed E-state index contributed by atoms with van der Waals surface area (Å²) >= 11 is 0. The predicted molar refractivity (Wildman–Crippen MR) is 117 cm³/mol. The molecule has 29 heavy (non-hydrogen) atoms. The fourth-order valence-electron chi connectivity index (χ4n) is 4.05. The number of nitrogens with zero attached hydrogens (tertiary/aromatic N) is 1. The van der Waals surface area contributed by atoms with Crippen molar-refractivity contribution in [3.63, 3.8) is 0 Å². The maximum Gasteiger partial charge on any atom is 0.193 e. The van der Waals surface area contributed by atoms with Gasteiger partial charge in [-0.3, -0.25) is 9.59 Å². The zero-order valence-corrected chi connectivity index (χ0v) is 16.8. The molecule has 0 aromatic heterocycles. The zero-order chi connectivity index (χ0) is 20.6. The topological polar surface area (TPSA) is 37.4 Å². The highest BCUT2D eigenvalue weighted by molar-refractivity contribution is 6.16. The predicted octanol–water partition coefficient (Wildman–Crippen LogP) is 5.17. The monoisotopic (exact) mass is 381 g/mol. The molecule has 0 atom stereocenters. The normalized spacial score (nSPS) is 20.2. The lowest BCUT2D eigenvalue weighted by atomic mass is 9.83. The van der Waals surface area contributed by atoms with Crippen molar-refractivity contribution in [1.29, 1.82) is 0 Å². The van der Waals surface area contributed by atoms with E-state index in [1.165, 1.54) is 17.3 Å². The largest absolute Gasteiger partial charge is 0.347 e. The molecule has 0 bridgehead atoms. The maximum absolute atomic E-state index is 12.7. The molecule has 2 aliphatic rings. The van der Waals surface area contributed by atoms with Crippen LogP contribution in [0.3, 0.4) is 0 Å². The van der Waals surface area contributed by atoms with Crippen molar-refractivity contribution in [1.82, 2.24) is 0 Å². The Balaban J connectivity index is 1.69. The summed E-state index contributed by atoms with van der Waals surface area (Å²) in [4.78, 5) is 27.3. The number of benzene rings is 2. The molecule has 0 N–H and O–H groups in total. The maximum atomic E-state index is 12.7. The Kier molecular flexibility index (Phi) is 4.67. The second-order valence-electron chi connectivity index (χ2n) is 7.87. The molecule has 2 aromatic carbocycles. The molecule has 0 saturated heterocycles. The number of anilines is 1. The summed E-state index contributed by atoms with van der Waals surface area (Å²) in [7, 11) is 2.04. The summed E-state index contributed by atoms with van der Waals surface area (Å²) < 4.78 is 0. The van der Waals surface area contributed by atoms with Gasteiger partial charge in [-0.2, -0.15) is 0 Å². The number of fused-ring (bicyclic) bond motifs is 1. The first-order chi connectivity index (χ1) is 13.9. The SMILES string of the molecule is CN1/C(=C\C=C2\C=C(C(=O)c3ccccc3)C=CC2=O)C(C)(C)c2ccccc21. The summed E-state index contributed by atoms with van der Waals surface area (Å²) in [5.74, 6) is -0.180. The lowest BCUT2D eigenvalue weighted by Crippen LogP contribution is -2.22. The highest BCUT2D eigenvalue weighted by Crippen LogP contribution is 2.46. The van der Waals surface area contributed by atoms with Gasteiger partial charge in [0.05, 0.1) is 0 Å². The van der Waals surface area contributed by atoms with Crippen LogP contribution in [0.25, 0.3) is 0 Å².